The van der Waals surface area contributed by atoms with Crippen molar-refractivity contribution < 1.29 is 9.52 Å². The zero-order chi connectivity index (χ0) is 50.1. The molecule has 74 heavy (non-hydrogen) atoms. The third kappa shape index (κ3) is 9.01. The fraction of sp³-hybridized carbons (Fsp3) is 0.0896. The van der Waals surface area contributed by atoms with Crippen LogP contribution in [0.4, 0.5) is 11.4 Å². The van der Waals surface area contributed by atoms with E-state index in [0.717, 1.165) is 94.5 Å². The van der Waals surface area contributed by atoms with Gasteiger partial charge in [0.2, 0.25) is 0 Å². The topological polar surface area (TPSA) is 100 Å². The maximum atomic E-state index is 14.8. The molecule has 0 spiro atoms. The molecule has 3 heterocycles. The van der Waals surface area contributed by atoms with Crippen LogP contribution in [0.15, 0.2) is 222 Å². The van der Waals surface area contributed by atoms with Crippen LogP contribution >= 0.6 is 0 Å². The van der Waals surface area contributed by atoms with E-state index in [1.54, 1.807) is 6.07 Å². The van der Waals surface area contributed by atoms with Gasteiger partial charge in [0, 0.05) is 64.6 Å². The highest BCUT2D eigenvalue weighted by atomic mass is 16.3. The summed E-state index contributed by atoms with van der Waals surface area (Å²) in [6.07, 6.45) is 1.37. The quantitative estimate of drug-likeness (QED) is 0.0990. The van der Waals surface area contributed by atoms with Gasteiger partial charge in [-0.1, -0.05) is 158 Å². The van der Waals surface area contributed by atoms with Gasteiger partial charge in [0.15, 0.2) is 5.43 Å². The first-order valence-corrected chi connectivity index (χ1v) is 25.1. The predicted octanol–water partition coefficient (Wildman–Crippen LogP) is 15.7. The lowest BCUT2D eigenvalue weighted by molar-refractivity contribution is 0.467. The van der Waals surface area contributed by atoms with E-state index in [4.69, 9.17) is 14.4 Å². The first-order chi connectivity index (χ1) is 36.3. The molecule has 0 bridgehead atoms. The second-order valence-corrected chi connectivity index (χ2v) is 19.2. The van der Waals surface area contributed by atoms with Gasteiger partial charge in [0.1, 0.15) is 17.1 Å². The van der Waals surface area contributed by atoms with Crippen molar-refractivity contribution in [1.82, 2.24) is 9.97 Å². The lowest BCUT2D eigenvalue weighted by atomic mass is 9.87. The van der Waals surface area contributed by atoms with Crippen molar-refractivity contribution in [2.24, 2.45) is 0 Å². The van der Waals surface area contributed by atoms with Crippen molar-refractivity contribution in [3.8, 4) is 50.5 Å². The molecule has 7 nitrogen and oxygen atoms in total. The molecule has 7 heteroatoms. The van der Waals surface area contributed by atoms with Crippen LogP contribution in [0.1, 0.15) is 44.8 Å². The molecule has 12 rings (SSSR count). The van der Waals surface area contributed by atoms with Gasteiger partial charge in [-0.25, -0.2) is 0 Å². The van der Waals surface area contributed by atoms with E-state index in [1.165, 1.54) is 11.1 Å². The molecule has 2 aliphatic rings. The van der Waals surface area contributed by atoms with Gasteiger partial charge < -0.3 is 20.2 Å². The Bertz CT molecular complexity index is 4060. The third-order valence-corrected chi connectivity index (χ3v) is 14.2. The molecule has 0 radical (unpaired) electrons. The highest BCUT2D eigenvalue weighted by molar-refractivity contribution is 6.05. The van der Waals surface area contributed by atoms with E-state index in [9.17, 15) is 9.90 Å². The van der Waals surface area contributed by atoms with Gasteiger partial charge in [0.05, 0.1) is 33.5 Å². The van der Waals surface area contributed by atoms with Crippen LogP contribution in [-0.2, 0) is 25.9 Å². The molecule has 2 aromatic heterocycles. The number of aromatic nitrogens is 2. The van der Waals surface area contributed by atoms with Crippen LogP contribution in [0.5, 0.6) is 5.75 Å². The Morgan fingerprint density at radius 2 is 0.973 bits per heavy atom. The van der Waals surface area contributed by atoms with Crippen molar-refractivity contribution >= 4 is 44.1 Å². The number of aryl methyl sites for hydroxylation is 2. The molecular weight excluding hydrogens is 909 g/mol. The van der Waals surface area contributed by atoms with Gasteiger partial charge in [-0.05, 0) is 119 Å². The minimum absolute atomic E-state index is 0.0702. The molecule has 0 saturated heterocycles. The number of hydrogen-bond donors (Lipinski definition) is 3. The molecule has 3 N–H and O–H groups in total. The van der Waals surface area contributed by atoms with Gasteiger partial charge in [-0.2, -0.15) is 0 Å². The number of rotatable bonds is 13. The number of nitrogens with one attached hydrogen (secondary N) is 2. The summed E-state index contributed by atoms with van der Waals surface area (Å²) in [6.45, 7) is 4.32. The number of hydrogen-bond acceptors (Lipinski definition) is 7. The minimum atomic E-state index is -0.119. The highest BCUT2D eigenvalue weighted by Gasteiger charge is 2.27. The molecule has 0 amide bonds. The lowest BCUT2D eigenvalue weighted by Gasteiger charge is -2.22. The van der Waals surface area contributed by atoms with Crippen LogP contribution < -0.4 is 16.1 Å². The van der Waals surface area contributed by atoms with E-state index in [2.05, 4.69) is 139 Å². The minimum Gasteiger partial charge on any atom is -0.507 e. The summed E-state index contributed by atoms with van der Waals surface area (Å²) < 4.78 is 7.16. The van der Waals surface area contributed by atoms with Crippen molar-refractivity contribution in [1.29, 1.82) is 0 Å². The molecule has 358 valence electrons. The van der Waals surface area contributed by atoms with Crippen LogP contribution in [0, 0.1) is 13.8 Å². The predicted molar refractivity (Wildman–Crippen MR) is 303 cm³/mol. The number of nitrogens with zero attached hydrogens (tertiary/aromatic N) is 2. The molecule has 8 aromatic carbocycles. The Balaban J connectivity index is 0.999. The van der Waals surface area contributed by atoms with E-state index in [0.29, 0.717) is 40.9 Å². The zero-order valence-electron chi connectivity index (χ0n) is 41.2. The Morgan fingerprint density at radius 3 is 1.51 bits per heavy atom. The molecule has 10 aromatic rings. The lowest BCUT2D eigenvalue weighted by Crippen LogP contribution is -2.18. The van der Waals surface area contributed by atoms with E-state index >= 15 is 0 Å². The first kappa shape index (κ1) is 45.8. The zero-order valence-corrected chi connectivity index (χ0v) is 41.2. The second-order valence-electron chi connectivity index (χ2n) is 19.2. The summed E-state index contributed by atoms with van der Waals surface area (Å²) in [5.41, 5.74) is 17.6. The SMILES string of the molecule is Cc1ccccc1-c1c2cc(C)c(=O)c(CNc3cc(-c4ccccc4)cc4ccc(Cc5ccccc5)nc34)c-2oc2c(CNc3cc(-c4ccccc4)cc4ccc(Cc5ccccc5)nc34)c(O)ccc12. The smallest absolute Gasteiger partial charge is 0.190 e. The average Bonchev–Trinajstić information content (AvgIpc) is 3.44. The fourth-order valence-corrected chi connectivity index (χ4v) is 10.4. The molecule has 0 unspecified atom stereocenters. The summed E-state index contributed by atoms with van der Waals surface area (Å²) in [5.74, 6) is 0.525. The highest BCUT2D eigenvalue weighted by Crippen LogP contribution is 2.46. The normalized spacial score (nSPS) is 11.4. The summed E-state index contributed by atoms with van der Waals surface area (Å²) in [7, 11) is 0. The molecule has 1 aliphatic carbocycles. The van der Waals surface area contributed by atoms with Gasteiger partial charge in [-0.3, -0.25) is 14.8 Å². The van der Waals surface area contributed by atoms with Crippen LogP contribution in [0.3, 0.4) is 0 Å². The summed E-state index contributed by atoms with van der Waals surface area (Å²) in [4.78, 5) is 25.3. The Hall–Kier alpha value is -9.33. The van der Waals surface area contributed by atoms with Crippen molar-refractivity contribution in [3.63, 3.8) is 0 Å². The number of fused-ring (bicyclic) bond motifs is 4. The second kappa shape index (κ2) is 19.7. The number of phenolic OH excluding ortho intramolecular Hbond substituents is 1. The summed E-state index contributed by atoms with van der Waals surface area (Å²) in [6, 6.07) is 72.4. The standard InChI is InChI=1S/C67H52N4O3/c1-42-17-15-16-26-54(42)62-55-31-32-61(72)57(40-68-59-38-50(46-22-11-5-12-23-46)36-48-27-29-52(70-63(48)59)34-44-18-7-3-8-19-44)66(55)74-67-56(62)33-43(2)65(73)58(67)41-69-60-39-51(47-24-13-6-14-25-47)37-49-28-30-53(71-64(49)60)35-45-20-9-4-10-21-45/h3-33,36-39,68-69,72H,34-35,40-41H2,1-2H3. The number of benzene rings is 9. The Morgan fingerprint density at radius 1 is 0.473 bits per heavy atom. The molecule has 0 saturated carbocycles. The monoisotopic (exact) mass is 960 g/mol. The number of pyridine rings is 2. The number of phenols is 1. The summed E-state index contributed by atoms with van der Waals surface area (Å²) in [5, 5.41) is 22.2. The van der Waals surface area contributed by atoms with Crippen molar-refractivity contribution in [2.75, 3.05) is 10.6 Å². The van der Waals surface area contributed by atoms with Crippen LogP contribution in [-0.4, -0.2) is 15.1 Å². The molecular formula is C67H52N4O3. The molecule has 1 aliphatic heterocycles. The Kier molecular flexibility index (Phi) is 12.2. The summed E-state index contributed by atoms with van der Waals surface area (Å²) >= 11 is 0. The van der Waals surface area contributed by atoms with Crippen LogP contribution in [0.25, 0.3) is 77.5 Å². The van der Waals surface area contributed by atoms with Crippen molar-refractivity contribution in [2.45, 2.75) is 39.8 Å². The number of anilines is 2. The van der Waals surface area contributed by atoms with Gasteiger partial charge in [-0.15, -0.1) is 0 Å². The van der Waals surface area contributed by atoms with E-state index < -0.39 is 0 Å². The first-order valence-electron chi connectivity index (χ1n) is 25.1. The maximum Gasteiger partial charge on any atom is 0.190 e. The largest absolute Gasteiger partial charge is 0.507 e. The van der Waals surface area contributed by atoms with E-state index in [1.807, 2.05) is 91.9 Å². The molecule has 0 fully saturated rings. The molecule has 0 atom stereocenters. The third-order valence-electron chi connectivity index (χ3n) is 14.2. The fourth-order valence-electron chi connectivity index (χ4n) is 10.4. The maximum absolute atomic E-state index is 14.8. The van der Waals surface area contributed by atoms with Crippen LogP contribution in [0.2, 0.25) is 0 Å². The Labute approximate surface area is 429 Å². The van der Waals surface area contributed by atoms with Crippen molar-refractivity contribution in [3.05, 3.63) is 267 Å². The van der Waals surface area contributed by atoms with Gasteiger partial charge >= 0.3 is 0 Å². The number of aromatic hydroxyl groups is 1. The average molecular weight is 961 g/mol. The van der Waals surface area contributed by atoms with E-state index in [-0.39, 0.29) is 24.3 Å². The van der Waals surface area contributed by atoms with Gasteiger partial charge in [0.25, 0.3) is 0 Å².